The van der Waals surface area contributed by atoms with Crippen molar-refractivity contribution >= 4 is 0 Å². The van der Waals surface area contributed by atoms with Crippen LogP contribution in [0.1, 0.15) is 73.1 Å². The van der Waals surface area contributed by atoms with E-state index in [2.05, 4.69) is 34.6 Å². The first-order valence-electron chi connectivity index (χ1n) is 6.69. The fourth-order valence-corrected chi connectivity index (χ4v) is 2.46. The fourth-order valence-electron chi connectivity index (χ4n) is 2.46. The minimum absolute atomic E-state index is 0.922. The van der Waals surface area contributed by atoms with Gasteiger partial charge in [-0.2, -0.15) is 0 Å². The van der Waals surface area contributed by atoms with Gasteiger partial charge in [-0.05, 0) is 24.2 Å². The van der Waals surface area contributed by atoms with Crippen LogP contribution in [0, 0.1) is 17.8 Å². The monoisotopic (exact) mass is 198 g/mol. The van der Waals surface area contributed by atoms with Gasteiger partial charge >= 0.3 is 0 Å². The van der Waals surface area contributed by atoms with E-state index in [1.165, 1.54) is 38.5 Å². The lowest BCUT2D eigenvalue weighted by Gasteiger charge is -2.26. The van der Waals surface area contributed by atoms with E-state index in [1.807, 2.05) is 0 Å². The van der Waals surface area contributed by atoms with Gasteiger partial charge in [0, 0.05) is 0 Å². The van der Waals surface area contributed by atoms with Crippen molar-refractivity contribution in [1.82, 2.24) is 0 Å². The molecule has 0 heterocycles. The number of hydrogen-bond donors (Lipinski definition) is 0. The van der Waals surface area contributed by atoms with E-state index >= 15 is 0 Å². The van der Waals surface area contributed by atoms with Gasteiger partial charge in [-0.3, -0.25) is 0 Å². The first kappa shape index (κ1) is 14.0. The first-order valence-corrected chi connectivity index (χ1v) is 6.69. The van der Waals surface area contributed by atoms with Crippen LogP contribution in [-0.4, -0.2) is 0 Å². The van der Waals surface area contributed by atoms with Crippen molar-refractivity contribution < 1.29 is 0 Å². The summed E-state index contributed by atoms with van der Waals surface area (Å²) in [4.78, 5) is 0. The second-order valence-electron chi connectivity index (χ2n) is 4.85. The molecule has 86 valence electrons. The van der Waals surface area contributed by atoms with E-state index in [4.69, 9.17) is 0 Å². The molecule has 0 fully saturated rings. The highest BCUT2D eigenvalue weighted by atomic mass is 14.2. The van der Waals surface area contributed by atoms with Crippen LogP contribution >= 0.6 is 0 Å². The smallest absolute Gasteiger partial charge is 0.0389 e. The molecule has 3 unspecified atom stereocenters. The molecule has 0 aromatic carbocycles. The lowest BCUT2D eigenvalue weighted by atomic mass is 9.80. The summed E-state index contributed by atoms with van der Waals surface area (Å²) in [5.74, 6) is 2.88. The Bertz CT molecular complexity index is 117. The Morgan fingerprint density at radius 3 is 1.86 bits per heavy atom. The quantitative estimate of drug-likeness (QED) is 0.498. The minimum atomic E-state index is 0.922. The van der Waals surface area contributed by atoms with Gasteiger partial charge in [0.1, 0.15) is 0 Å². The van der Waals surface area contributed by atoms with Crippen LogP contribution in [0.15, 0.2) is 0 Å². The molecule has 0 saturated carbocycles. The second kappa shape index (κ2) is 8.32. The third kappa shape index (κ3) is 5.02. The molecule has 3 atom stereocenters. The molecule has 0 aliphatic carbocycles. The van der Waals surface area contributed by atoms with Crippen molar-refractivity contribution in [2.75, 3.05) is 0 Å². The molecule has 0 N–H and O–H groups in total. The van der Waals surface area contributed by atoms with Crippen molar-refractivity contribution in [2.24, 2.45) is 17.8 Å². The zero-order valence-corrected chi connectivity index (χ0v) is 11.0. The van der Waals surface area contributed by atoms with Gasteiger partial charge in [-0.25, -0.2) is 0 Å². The molecule has 0 nitrogen and oxygen atoms in total. The molecule has 0 radical (unpaired) electrons. The average Bonchev–Trinajstić information content (AvgIpc) is 2.23. The Kier molecular flexibility index (Phi) is 8.32. The van der Waals surface area contributed by atoms with E-state index in [1.54, 1.807) is 0 Å². The normalized spacial score (nSPS) is 17.8. The molecule has 14 heavy (non-hydrogen) atoms. The molecular formula is C14H30. The van der Waals surface area contributed by atoms with Crippen LogP contribution in [0.25, 0.3) is 0 Å². The van der Waals surface area contributed by atoms with Crippen molar-refractivity contribution in [1.29, 1.82) is 0 Å². The van der Waals surface area contributed by atoms with Crippen molar-refractivity contribution in [2.45, 2.75) is 73.1 Å². The summed E-state index contributed by atoms with van der Waals surface area (Å²) in [6.45, 7) is 11.8. The Balaban J connectivity index is 3.99. The van der Waals surface area contributed by atoms with E-state index in [9.17, 15) is 0 Å². The van der Waals surface area contributed by atoms with Gasteiger partial charge in [0.25, 0.3) is 0 Å². The zero-order valence-electron chi connectivity index (χ0n) is 11.0. The van der Waals surface area contributed by atoms with Crippen LogP contribution in [-0.2, 0) is 0 Å². The molecule has 0 aliphatic heterocycles. The molecule has 0 amide bonds. The summed E-state index contributed by atoms with van der Waals surface area (Å²) in [5.41, 5.74) is 0. The fraction of sp³-hybridized carbons (Fsp3) is 1.00. The average molecular weight is 198 g/mol. The van der Waals surface area contributed by atoms with Crippen molar-refractivity contribution in [3.05, 3.63) is 0 Å². The largest absolute Gasteiger partial charge is 0.0654 e. The highest BCUT2D eigenvalue weighted by Gasteiger charge is 2.17. The molecule has 0 heteroatoms. The lowest BCUT2D eigenvalue weighted by Crippen LogP contribution is -2.15. The maximum Gasteiger partial charge on any atom is -0.0389 e. The summed E-state index contributed by atoms with van der Waals surface area (Å²) in [6, 6.07) is 0. The van der Waals surface area contributed by atoms with Gasteiger partial charge in [0.05, 0.1) is 0 Å². The third-order valence-electron chi connectivity index (χ3n) is 3.88. The van der Waals surface area contributed by atoms with Gasteiger partial charge in [0.15, 0.2) is 0 Å². The van der Waals surface area contributed by atoms with Crippen LogP contribution in [0.2, 0.25) is 0 Å². The SMILES string of the molecule is CCCC(CC)CC(CC)C(C)CC. The summed E-state index contributed by atoms with van der Waals surface area (Å²) < 4.78 is 0. The van der Waals surface area contributed by atoms with E-state index in [0.717, 1.165) is 17.8 Å². The molecule has 0 aromatic heterocycles. The molecule has 0 rings (SSSR count). The summed E-state index contributed by atoms with van der Waals surface area (Å²) in [5, 5.41) is 0. The van der Waals surface area contributed by atoms with Crippen LogP contribution < -0.4 is 0 Å². The number of hydrogen-bond acceptors (Lipinski definition) is 0. The van der Waals surface area contributed by atoms with Crippen molar-refractivity contribution in [3.8, 4) is 0 Å². The van der Waals surface area contributed by atoms with E-state index < -0.39 is 0 Å². The summed E-state index contributed by atoms with van der Waals surface area (Å²) in [6.07, 6.45) is 8.35. The molecule has 0 spiro atoms. The van der Waals surface area contributed by atoms with Gasteiger partial charge in [-0.1, -0.05) is 66.7 Å². The highest BCUT2D eigenvalue weighted by molar-refractivity contribution is 4.69. The van der Waals surface area contributed by atoms with Crippen LogP contribution in [0.4, 0.5) is 0 Å². The summed E-state index contributed by atoms with van der Waals surface area (Å²) >= 11 is 0. The zero-order chi connectivity index (χ0) is 11.0. The molecule has 0 saturated heterocycles. The Labute approximate surface area is 91.5 Å². The topological polar surface area (TPSA) is 0 Å². The third-order valence-corrected chi connectivity index (χ3v) is 3.88. The van der Waals surface area contributed by atoms with Crippen LogP contribution in [0.3, 0.4) is 0 Å². The molecule has 0 aromatic rings. The van der Waals surface area contributed by atoms with Crippen LogP contribution in [0.5, 0.6) is 0 Å². The maximum absolute atomic E-state index is 2.42. The van der Waals surface area contributed by atoms with Gasteiger partial charge in [0.2, 0.25) is 0 Å². The van der Waals surface area contributed by atoms with E-state index in [-0.39, 0.29) is 0 Å². The van der Waals surface area contributed by atoms with Gasteiger partial charge in [-0.15, -0.1) is 0 Å². The van der Waals surface area contributed by atoms with Gasteiger partial charge < -0.3 is 0 Å². The standard InChI is InChI=1S/C14H30/c1-6-10-13(8-3)11-14(9-4)12(5)7-2/h12-14H,6-11H2,1-5H3. The van der Waals surface area contributed by atoms with Crippen molar-refractivity contribution in [3.63, 3.8) is 0 Å². The Morgan fingerprint density at radius 1 is 0.857 bits per heavy atom. The first-order chi connectivity index (χ1) is 6.69. The molecule has 0 bridgehead atoms. The van der Waals surface area contributed by atoms with E-state index in [0.29, 0.717) is 0 Å². The Morgan fingerprint density at radius 2 is 1.50 bits per heavy atom. The molecular weight excluding hydrogens is 168 g/mol. The second-order valence-corrected chi connectivity index (χ2v) is 4.85. The summed E-state index contributed by atoms with van der Waals surface area (Å²) in [7, 11) is 0. The highest BCUT2D eigenvalue weighted by Crippen LogP contribution is 2.29. The maximum atomic E-state index is 2.42. The predicted molar refractivity (Wildman–Crippen MR) is 66.5 cm³/mol. The predicted octanol–water partition coefficient (Wildman–Crippen LogP) is 5.28. The minimum Gasteiger partial charge on any atom is -0.0654 e. The number of rotatable bonds is 8. The molecule has 0 aliphatic rings. The Hall–Kier alpha value is 0. The lowest BCUT2D eigenvalue weighted by molar-refractivity contribution is 0.255.